The molecule has 2 aromatic rings. The zero-order valence-electron chi connectivity index (χ0n) is 18.2. The first kappa shape index (κ1) is 19.3. The van der Waals surface area contributed by atoms with Crippen molar-refractivity contribution in [1.29, 1.82) is 0 Å². The molecule has 2 saturated heterocycles. The number of hydrogen-bond acceptors (Lipinski definition) is 8. The van der Waals surface area contributed by atoms with E-state index < -0.39 is 0 Å². The highest BCUT2D eigenvalue weighted by Crippen LogP contribution is 2.50. The summed E-state index contributed by atoms with van der Waals surface area (Å²) in [5.74, 6) is 0.771. The first-order valence-corrected chi connectivity index (χ1v) is 11.8. The Morgan fingerprint density at radius 1 is 1.12 bits per heavy atom. The zero-order valence-corrected chi connectivity index (χ0v) is 18.2. The summed E-state index contributed by atoms with van der Waals surface area (Å²) in [6, 6.07) is 2.09. The van der Waals surface area contributed by atoms with E-state index >= 15 is 0 Å². The molecule has 1 N–H and O–H groups in total. The average molecular weight is 440 g/mol. The predicted molar refractivity (Wildman–Crippen MR) is 114 cm³/mol. The fraction of sp³-hybridized carbons (Fsp3) is 0.696. The van der Waals surface area contributed by atoms with Crippen LogP contribution in [0.4, 0.5) is 5.69 Å². The number of aliphatic hydroxyl groups excluding tert-OH is 1. The van der Waals surface area contributed by atoms with E-state index in [4.69, 9.17) is 19.2 Å². The van der Waals surface area contributed by atoms with E-state index in [9.17, 15) is 5.11 Å². The molecule has 32 heavy (non-hydrogen) atoms. The van der Waals surface area contributed by atoms with Gasteiger partial charge in [0.15, 0.2) is 6.29 Å². The van der Waals surface area contributed by atoms with Crippen LogP contribution in [-0.2, 0) is 16.0 Å². The van der Waals surface area contributed by atoms with Gasteiger partial charge in [-0.1, -0.05) is 5.21 Å². The number of anilines is 1. The van der Waals surface area contributed by atoms with Gasteiger partial charge in [0.25, 0.3) is 0 Å². The summed E-state index contributed by atoms with van der Waals surface area (Å²) in [5.41, 5.74) is 3.09. The standard InChI is InChI=1S/C23H29N5O4/c29-16-6-23(7-16)11-27(12-23)15-5-19(32-17-1-2-17)21(24-8-15)18-9-28(26-25-18)10-20-30-13-22(3-4-22)14-31-20/h5,8-9,16-17,20,29H,1-4,6-7,10-14H2. The van der Waals surface area contributed by atoms with Gasteiger partial charge in [-0.05, 0) is 38.5 Å². The quantitative estimate of drug-likeness (QED) is 0.730. The second-order valence-corrected chi connectivity index (χ2v) is 10.7. The average Bonchev–Trinajstić information content (AvgIpc) is 3.66. The molecule has 3 aliphatic carbocycles. The maximum atomic E-state index is 9.67. The summed E-state index contributed by atoms with van der Waals surface area (Å²) in [4.78, 5) is 7.06. The lowest BCUT2D eigenvalue weighted by Gasteiger charge is -2.58. The predicted octanol–water partition coefficient (Wildman–Crippen LogP) is 2.00. The smallest absolute Gasteiger partial charge is 0.177 e. The molecule has 0 unspecified atom stereocenters. The highest BCUT2D eigenvalue weighted by Gasteiger charge is 2.52. The van der Waals surface area contributed by atoms with Gasteiger partial charge in [0.1, 0.15) is 17.1 Å². The van der Waals surface area contributed by atoms with E-state index in [1.165, 1.54) is 12.8 Å². The van der Waals surface area contributed by atoms with E-state index in [-0.39, 0.29) is 18.5 Å². The van der Waals surface area contributed by atoms with Gasteiger partial charge in [0.05, 0.1) is 50.0 Å². The molecule has 170 valence electrons. The van der Waals surface area contributed by atoms with Gasteiger partial charge in [0.2, 0.25) is 0 Å². The molecule has 0 atom stereocenters. The fourth-order valence-corrected chi connectivity index (χ4v) is 5.25. The Kier molecular flexibility index (Phi) is 4.14. The van der Waals surface area contributed by atoms with Crippen molar-refractivity contribution in [3.05, 3.63) is 18.5 Å². The van der Waals surface area contributed by atoms with Crippen LogP contribution in [0.5, 0.6) is 5.75 Å². The number of rotatable bonds is 6. The third kappa shape index (κ3) is 3.47. The van der Waals surface area contributed by atoms with E-state index in [0.29, 0.717) is 23.1 Å². The number of hydrogen-bond donors (Lipinski definition) is 1. The van der Waals surface area contributed by atoms with Crippen molar-refractivity contribution >= 4 is 5.69 Å². The van der Waals surface area contributed by atoms with Gasteiger partial charge >= 0.3 is 0 Å². The van der Waals surface area contributed by atoms with Crippen molar-refractivity contribution in [1.82, 2.24) is 20.0 Å². The second kappa shape index (κ2) is 6.88. The number of nitrogens with zero attached hydrogens (tertiary/aromatic N) is 5. The highest BCUT2D eigenvalue weighted by atomic mass is 16.7. The van der Waals surface area contributed by atoms with E-state index in [1.54, 1.807) is 4.68 Å². The van der Waals surface area contributed by atoms with Crippen LogP contribution in [0.15, 0.2) is 18.5 Å². The van der Waals surface area contributed by atoms with Gasteiger partial charge in [-0.15, -0.1) is 5.10 Å². The lowest BCUT2D eigenvalue weighted by molar-refractivity contribution is -0.213. The maximum Gasteiger partial charge on any atom is 0.177 e. The second-order valence-electron chi connectivity index (χ2n) is 10.7. The van der Waals surface area contributed by atoms with Crippen LogP contribution in [0.25, 0.3) is 11.4 Å². The van der Waals surface area contributed by atoms with Crippen LogP contribution in [0, 0.1) is 10.8 Å². The van der Waals surface area contributed by atoms with E-state index in [1.807, 2.05) is 12.4 Å². The molecular weight excluding hydrogens is 410 g/mol. The van der Waals surface area contributed by atoms with Crippen molar-refractivity contribution in [2.45, 2.75) is 63.6 Å². The molecule has 0 radical (unpaired) electrons. The molecular formula is C23H29N5O4. The summed E-state index contributed by atoms with van der Waals surface area (Å²) < 4.78 is 19.7. The Labute approximate surface area is 186 Å². The van der Waals surface area contributed by atoms with Crippen molar-refractivity contribution in [3.8, 4) is 17.1 Å². The van der Waals surface area contributed by atoms with Gasteiger partial charge in [-0.3, -0.25) is 0 Å². The first-order valence-electron chi connectivity index (χ1n) is 11.8. The SMILES string of the molecule is OC1CC2(C1)CN(c1cnc(-c3cn(CC4OCC5(CC5)CO4)nn3)c(OC3CC3)c1)C2. The number of aromatic nitrogens is 4. The minimum atomic E-state index is -0.281. The molecule has 2 spiro atoms. The Bertz CT molecular complexity index is 1010. The third-order valence-electron chi connectivity index (χ3n) is 7.64. The molecule has 2 aromatic heterocycles. The van der Waals surface area contributed by atoms with Crippen LogP contribution >= 0.6 is 0 Å². The van der Waals surface area contributed by atoms with Crippen molar-refractivity contribution < 1.29 is 19.3 Å². The summed E-state index contributed by atoms with van der Waals surface area (Å²) >= 11 is 0. The van der Waals surface area contributed by atoms with Crippen molar-refractivity contribution in [2.24, 2.45) is 10.8 Å². The number of aliphatic hydroxyl groups is 1. The van der Waals surface area contributed by atoms with Gasteiger partial charge in [0, 0.05) is 30.0 Å². The van der Waals surface area contributed by atoms with Crippen LogP contribution < -0.4 is 9.64 Å². The normalized spacial score (nSPS) is 27.9. The Hall–Kier alpha value is -2.23. The number of ether oxygens (including phenoxy) is 3. The van der Waals surface area contributed by atoms with Crippen LogP contribution in [-0.4, -0.2) is 69.9 Å². The van der Waals surface area contributed by atoms with Crippen LogP contribution in [0.2, 0.25) is 0 Å². The van der Waals surface area contributed by atoms with Crippen molar-refractivity contribution in [2.75, 3.05) is 31.2 Å². The van der Waals surface area contributed by atoms with Gasteiger partial charge < -0.3 is 24.2 Å². The molecule has 7 rings (SSSR count). The Morgan fingerprint density at radius 3 is 2.59 bits per heavy atom. The van der Waals surface area contributed by atoms with Gasteiger partial charge in [-0.2, -0.15) is 0 Å². The van der Waals surface area contributed by atoms with E-state index in [2.05, 4.69) is 21.3 Å². The highest BCUT2D eigenvalue weighted by molar-refractivity contribution is 5.66. The Balaban J connectivity index is 1.07. The molecule has 3 saturated carbocycles. The summed E-state index contributed by atoms with van der Waals surface area (Å²) in [6.07, 6.45) is 10.1. The molecule has 0 aromatic carbocycles. The lowest BCUT2D eigenvalue weighted by Crippen LogP contribution is -2.63. The summed E-state index contributed by atoms with van der Waals surface area (Å²) in [6.45, 7) is 4.03. The monoisotopic (exact) mass is 439 g/mol. The van der Waals surface area contributed by atoms with E-state index in [0.717, 1.165) is 69.1 Å². The molecule has 0 amide bonds. The number of pyridine rings is 1. The van der Waals surface area contributed by atoms with Crippen molar-refractivity contribution in [3.63, 3.8) is 0 Å². The zero-order chi connectivity index (χ0) is 21.3. The molecule has 9 nitrogen and oxygen atoms in total. The molecule has 5 aliphatic rings. The lowest BCUT2D eigenvalue weighted by atomic mass is 9.62. The molecule has 5 fully saturated rings. The van der Waals surface area contributed by atoms with Crippen LogP contribution in [0.1, 0.15) is 38.5 Å². The molecule has 0 bridgehead atoms. The maximum absolute atomic E-state index is 9.67. The summed E-state index contributed by atoms with van der Waals surface area (Å²) in [7, 11) is 0. The molecule has 2 aliphatic heterocycles. The third-order valence-corrected chi connectivity index (χ3v) is 7.64. The Morgan fingerprint density at radius 2 is 1.91 bits per heavy atom. The fourth-order valence-electron chi connectivity index (χ4n) is 5.25. The first-order chi connectivity index (χ1) is 15.6. The largest absolute Gasteiger partial charge is 0.488 e. The minimum absolute atomic E-state index is 0.117. The summed E-state index contributed by atoms with van der Waals surface area (Å²) in [5, 5.41) is 18.3. The topological polar surface area (TPSA) is 94.8 Å². The molecule has 9 heteroatoms. The van der Waals surface area contributed by atoms with Crippen LogP contribution in [0.3, 0.4) is 0 Å². The minimum Gasteiger partial charge on any atom is -0.488 e. The van der Waals surface area contributed by atoms with Gasteiger partial charge in [-0.25, -0.2) is 9.67 Å². The molecule has 4 heterocycles.